The van der Waals surface area contributed by atoms with Gasteiger partial charge < -0.3 is 25.4 Å². The van der Waals surface area contributed by atoms with Gasteiger partial charge in [0.1, 0.15) is 12.6 Å². The van der Waals surface area contributed by atoms with Crippen molar-refractivity contribution in [1.82, 2.24) is 15.5 Å². The molecule has 0 saturated heterocycles. The van der Waals surface area contributed by atoms with Crippen LogP contribution >= 0.6 is 0 Å². The average Bonchev–Trinajstić information content (AvgIpc) is 3.16. The normalized spacial score (nSPS) is 13.6. The van der Waals surface area contributed by atoms with Crippen LogP contribution in [0.25, 0.3) is 11.1 Å². The van der Waals surface area contributed by atoms with Gasteiger partial charge in [0.15, 0.2) is 0 Å². The van der Waals surface area contributed by atoms with E-state index in [9.17, 15) is 19.5 Å². The Kier molecular flexibility index (Phi) is 8.51. The third-order valence-electron chi connectivity index (χ3n) is 6.91. The second kappa shape index (κ2) is 11.4. The summed E-state index contributed by atoms with van der Waals surface area (Å²) in [6, 6.07) is 15.3. The number of hydrogen-bond donors (Lipinski definition) is 3. The number of carbonyl (C=O) groups is 3. The monoisotopic (exact) mass is 481 g/mol. The predicted octanol–water partition coefficient (Wildman–Crippen LogP) is 3.46. The third kappa shape index (κ3) is 5.82. The largest absolute Gasteiger partial charge is 0.481 e. The summed E-state index contributed by atoms with van der Waals surface area (Å²) in [6.45, 7) is 3.95. The van der Waals surface area contributed by atoms with Gasteiger partial charge in [0.2, 0.25) is 5.91 Å². The van der Waals surface area contributed by atoms with Gasteiger partial charge in [-0.3, -0.25) is 9.59 Å². The van der Waals surface area contributed by atoms with Crippen LogP contribution in [-0.2, 0) is 14.3 Å². The summed E-state index contributed by atoms with van der Waals surface area (Å²) >= 11 is 0. The number of hydrogen-bond acceptors (Lipinski definition) is 5. The molecule has 2 aromatic carbocycles. The lowest BCUT2D eigenvalue weighted by atomic mass is 9.82. The number of rotatable bonds is 11. The molecule has 8 nitrogen and oxygen atoms in total. The minimum absolute atomic E-state index is 0.00946. The molecule has 1 atom stereocenters. The molecule has 35 heavy (non-hydrogen) atoms. The fourth-order valence-electron chi connectivity index (χ4n) is 4.60. The molecule has 0 spiro atoms. The quantitative estimate of drug-likeness (QED) is 0.454. The van der Waals surface area contributed by atoms with Crippen LogP contribution in [0.1, 0.15) is 43.7 Å². The summed E-state index contributed by atoms with van der Waals surface area (Å²) in [5.41, 5.74) is 3.44. The molecule has 0 heterocycles. The lowest BCUT2D eigenvalue weighted by Gasteiger charge is -2.28. The van der Waals surface area contributed by atoms with Gasteiger partial charge in [0.25, 0.3) is 0 Å². The molecule has 0 aliphatic heterocycles. The van der Waals surface area contributed by atoms with Gasteiger partial charge >= 0.3 is 12.1 Å². The van der Waals surface area contributed by atoms with Crippen LogP contribution in [0.4, 0.5) is 4.79 Å². The Morgan fingerprint density at radius 3 is 2.03 bits per heavy atom. The lowest BCUT2D eigenvalue weighted by Crippen LogP contribution is -2.54. The van der Waals surface area contributed by atoms with Crippen LogP contribution in [0.3, 0.4) is 0 Å². The molecule has 3 N–H and O–H groups in total. The van der Waals surface area contributed by atoms with Crippen molar-refractivity contribution in [2.45, 2.75) is 38.6 Å². The Bertz CT molecular complexity index is 1020. The molecular formula is C27H35N3O5. The number of alkyl carbamates (subject to hydrolysis) is 1. The van der Waals surface area contributed by atoms with Crippen molar-refractivity contribution in [3.05, 3.63) is 59.7 Å². The molecule has 0 fully saturated rings. The number of aliphatic carboxylic acids is 1. The molecule has 0 bridgehead atoms. The zero-order chi connectivity index (χ0) is 25.6. The van der Waals surface area contributed by atoms with E-state index in [1.54, 1.807) is 32.8 Å². The molecule has 0 radical (unpaired) electrons. The first-order valence-electron chi connectivity index (χ1n) is 12.0. The van der Waals surface area contributed by atoms with Gasteiger partial charge in [0.05, 0.1) is 5.41 Å². The number of nitrogens with one attached hydrogen (secondary N) is 2. The summed E-state index contributed by atoms with van der Waals surface area (Å²) < 4.78 is 5.59. The van der Waals surface area contributed by atoms with E-state index in [0.29, 0.717) is 12.8 Å². The highest BCUT2D eigenvalue weighted by Gasteiger charge is 2.36. The van der Waals surface area contributed by atoms with Crippen molar-refractivity contribution in [3.63, 3.8) is 0 Å². The number of fused-ring (bicyclic) bond motifs is 3. The number of carboxylic acids is 1. The number of likely N-dealkylation sites (N-methyl/N-ethyl adjacent to an activating group) is 1. The Morgan fingerprint density at radius 1 is 1.00 bits per heavy atom. The van der Waals surface area contributed by atoms with E-state index in [2.05, 4.69) is 22.8 Å². The van der Waals surface area contributed by atoms with E-state index in [-0.39, 0.29) is 25.6 Å². The number of carbonyl (C=O) groups excluding carboxylic acids is 2. The fourth-order valence-corrected chi connectivity index (χ4v) is 4.60. The van der Waals surface area contributed by atoms with Crippen LogP contribution < -0.4 is 10.6 Å². The maximum absolute atomic E-state index is 12.9. The van der Waals surface area contributed by atoms with Crippen molar-refractivity contribution >= 4 is 18.0 Å². The van der Waals surface area contributed by atoms with E-state index < -0.39 is 29.4 Å². The van der Waals surface area contributed by atoms with Gasteiger partial charge in [-0.2, -0.15) is 0 Å². The molecule has 8 heteroatoms. The first-order chi connectivity index (χ1) is 16.7. The summed E-state index contributed by atoms with van der Waals surface area (Å²) in [7, 11) is 3.58. The molecule has 0 aromatic heterocycles. The molecule has 3 rings (SSSR count). The highest BCUT2D eigenvalue weighted by atomic mass is 16.5. The molecule has 1 aliphatic rings. The molecule has 188 valence electrons. The summed E-state index contributed by atoms with van der Waals surface area (Å²) in [5, 5.41) is 15.0. The maximum atomic E-state index is 12.9. The molecule has 0 saturated carbocycles. The fraction of sp³-hybridized carbons (Fsp3) is 0.444. The van der Waals surface area contributed by atoms with Gasteiger partial charge in [-0.1, -0.05) is 62.4 Å². The maximum Gasteiger partial charge on any atom is 0.407 e. The lowest BCUT2D eigenvalue weighted by molar-refractivity contribution is -0.149. The summed E-state index contributed by atoms with van der Waals surface area (Å²) in [6.07, 6.45) is 0.0819. The number of amides is 2. The van der Waals surface area contributed by atoms with Crippen molar-refractivity contribution in [3.8, 4) is 11.1 Å². The molecule has 2 aromatic rings. The molecule has 0 unspecified atom stereocenters. The summed E-state index contributed by atoms with van der Waals surface area (Å²) in [4.78, 5) is 39.2. The van der Waals surface area contributed by atoms with E-state index >= 15 is 0 Å². The Balaban J connectivity index is 1.65. The van der Waals surface area contributed by atoms with E-state index in [0.717, 1.165) is 22.3 Å². The highest BCUT2D eigenvalue weighted by molar-refractivity contribution is 5.86. The van der Waals surface area contributed by atoms with Crippen molar-refractivity contribution in [2.75, 3.05) is 33.8 Å². The Labute approximate surface area is 206 Å². The van der Waals surface area contributed by atoms with Crippen LogP contribution in [0.2, 0.25) is 0 Å². The van der Waals surface area contributed by atoms with Crippen LogP contribution in [0.15, 0.2) is 48.5 Å². The smallest absolute Gasteiger partial charge is 0.407 e. The molecule has 2 amide bonds. The van der Waals surface area contributed by atoms with Crippen molar-refractivity contribution < 1.29 is 24.2 Å². The summed E-state index contributed by atoms with van der Waals surface area (Å²) in [5.74, 6) is -1.48. The predicted molar refractivity (Wildman–Crippen MR) is 134 cm³/mol. The Hall–Kier alpha value is -3.39. The number of carboxylic acid groups (broad SMARTS) is 1. The molecular weight excluding hydrogens is 446 g/mol. The van der Waals surface area contributed by atoms with Crippen molar-refractivity contribution in [1.29, 1.82) is 0 Å². The minimum atomic E-state index is -1.04. The van der Waals surface area contributed by atoms with E-state index in [1.807, 2.05) is 36.4 Å². The zero-order valence-electron chi connectivity index (χ0n) is 20.8. The topological polar surface area (TPSA) is 108 Å². The average molecular weight is 482 g/mol. The van der Waals surface area contributed by atoms with Gasteiger partial charge in [-0.25, -0.2) is 4.79 Å². The van der Waals surface area contributed by atoms with Crippen LogP contribution in [0, 0.1) is 5.41 Å². The minimum Gasteiger partial charge on any atom is -0.481 e. The zero-order valence-corrected chi connectivity index (χ0v) is 20.8. The van der Waals surface area contributed by atoms with Gasteiger partial charge in [-0.15, -0.1) is 0 Å². The van der Waals surface area contributed by atoms with Crippen molar-refractivity contribution in [2.24, 2.45) is 5.41 Å². The van der Waals surface area contributed by atoms with Crippen LogP contribution in [-0.4, -0.2) is 67.8 Å². The van der Waals surface area contributed by atoms with Crippen LogP contribution in [0.5, 0.6) is 0 Å². The first kappa shape index (κ1) is 26.2. The number of nitrogens with zero attached hydrogens (tertiary/aromatic N) is 1. The van der Waals surface area contributed by atoms with E-state index in [1.165, 1.54) is 0 Å². The SMILES string of the molecule is CCC(CC)(CNC(=O)[C@H](CN(C)C)NC(=O)OCC1c2ccccc2-c2ccccc21)C(=O)O. The Morgan fingerprint density at radius 2 is 1.54 bits per heavy atom. The standard InChI is InChI=1S/C27H35N3O5/c1-5-27(6-2,25(32)33)17-28-24(31)23(15-30(3)4)29-26(34)35-16-22-20-13-9-7-11-18(20)19-12-8-10-14-21(19)22/h7-14,22-23H,5-6,15-17H2,1-4H3,(H,28,31)(H,29,34)(H,32,33)/t23-/m0/s1. The third-order valence-corrected chi connectivity index (χ3v) is 6.91. The van der Waals surface area contributed by atoms with Gasteiger partial charge in [-0.05, 0) is 49.2 Å². The molecule has 1 aliphatic carbocycles. The second-order valence-electron chi connectivity index (χ2n) is 9.30. The number of benzene rings is 2. The first-order valence-corrected chi connectivity index (χ1v) is 12.0. The van der Waals surface area contributed by atoms with Gasteiger partial charge in [0, 0.05) is 19.0 Å². The number of ether oxygens (including phenoxy) is 1. The highest BCUT2D eigenvalue weighted by Crippen LogP contribution is 2.44. The van der Waals surface area contributed by atoms with E-state index in [4.69, 9.17) is 4.74 Å². The second-order valence-corrected chi connectivity index (χ2v) is 9.30.